The van der Waals surface area contributed by atoms with Gasteiger partial charge in [-0.1, -0.05) is 16.8 Å². The first kappa shape index (κ1) is 12.5. The summed E-state index contributed by atoms with van der Waals surface area (Å²) in [6.07, 6.45) is 2.67. The Labute approximate surface area is 107 Å². The largest absolute Gasteiger partial charge is 0.377 e. The highest BCUT2D eigenvalue weighted by atomic mass is 35.5. The van der Waals surface area contributed by atoms with Crippen molar-refractivity contribution in [1.29, 1.82) is 0 Å². The van der Waals surface area contributed by atoms with Crippen LogP contribution in [0.2, 0.25) is 5.15 Å². The van der Waals surface area contributed by atoms with Gasteiger partial charge in [0.25, 0.3) is 5.91 Å². The number of nitrogens with one attached hydrogen (secondary N) is 1. The molecule has 2 aromatic rings. The molecule has 0 aliphatic carbocycles. The van der Waals surface area contributed by atoms with Crippen molar-refractivity contribution in [2.24, 2.45) is 0 Å². The number of anilines is 1. The number of rotatable bonds is 4. The van der Waals surface area contributed by atoms with E-state index in [4.69, 9.17) is 20.9 Å². The number of carbonyl (C=O) groups excluding carboxylic acids is 1. The van der Waals surface area contributed by atoms with Crippen molar-refractivity contribution in [2.45, 2.75) is 6.61 Å². The summed E-state index contributed by atoms with van der Waals surface area (Å²) in [4.78, 5) is 19.4. The quantitative estimate of drug-likeness (QED) is 0.904. The summed E-state index contributed by atoms with van der Waals surface area (Å²) < 4.78 is 9.74. The van der Waals surface area contributed by atoms with Crippen LogP contribution in [-0.4, -0.2) is 28.1 Å². The average molecular weight is 269 g/mol. The molecule has 2 aromatic heterocycles. The zero-order chi connectivity index (χ0) is 13.0. The van der Waals surface area contributed by atoms with Crippen molar-refractivity contribution in [2.75, 3.05) is 12.4 Å². The van der Waals surface area contributed by atoms with E-state index in [1.165, 1.54) is 25.6 Å². The maximum absolute atomic E-state index is 11.7. The summed E-state index contributed by atoms with van der Waals surface area (Å²) in [7, 11) is 1.52. The Bertz CT molecular complexity index is 540. The summed E-state index contributed by atoms with van der Waals surface area (Å²) >= 11 is 5.58. The third kappa shape index (κ3) is 3.02. The molecule has 1 amide bonds. The lowest BCUT2D eigenvalue weighted by molar-refractivity contribution is 0.101. The van der Waals surface area contributed by atoms with E-state index in [9.17, 15) is 4.79 Å². The van der Waals surface area contributed by atoms with Gasteiger partial charge in [-0.05, 0) is 0 Å². The molecule has 0 aliphatic rings. The van der Waals surface area contributed by atoms with Crippen molar-refractivity contribution in [3.63, 3.8) is 0 Å². The number of hydrogen-bond donors (Lipinski definition) is 1. The van der Waals surface area contributed by atoms with E-state index < -0.39 is 5.91 Å². The van der Waals surface area contributed by atoms with Gasteiger partial charge in [0.1, 0.15) is 11.8 Å². The van der Waals surface area contributed by atoms with Crippen molar-refractivity contribution in [3.8, 4) is 0 Å². The van der Waals surface area contributed by atoms with Crippen LogP contribution in [0.5, 0.6) is 0 Å². The predicted molar refractivity (Wildman–Crippen MR) is 62.2 cm³/mol. The minimum absolute atomic E-state index is 0.138. The monoisotopic (exact) mass is 268 g/mol. The van der Waals surface area contributed by atoms with Crippen LogP contribution in [0, 0.1) is 0 Å². The van der Waals surface area contributed by atoms with Crippen LogP contribution in [-0.2, 0) is 11.3 Å². The Hall–Kier alpha value is -1.99. The second kappa shape index (κ2) is 5.56. The Kier molecular flexibility index (Phi) is 3.85. The number of amides is 1. The molecule has 0 aromatic carbocycles. The standard InChI is InChI=1S/C10H9ClN4O3/c1-17-5-6-2-7(15-18-6)10(16)14-9-4-12-8(11)3-13-9/h2-4H,5H2,1H3,(H,13,14,16). The average Bonchev–Trinajstić information content (AvgIpc) is 2.81. The molecule has 94 valence electrons. The third-order valence-corrected chi connectivity index (χ3v) is 2.14. The number of nitrogens with zero attached hydrogens (tertiary/aromatic N) is 3. The molecule has 0 spiro atoms. The van der Waals surface area contributed by atoms with Crippen molar-refractivity contribution in [1.82, 2.24) is 15.1 Å². The van der Waals surface area contributed by atoms with E-state index in [1.54, 1.807) is 0 Å². The van der Waals surface area contributed by atoms with Gasteiger partial charge in [0.2, 0.25) is 0 Å². The molecule has 0 saturated heterocycles. The first-order valence-corrected chi connectivity index (χ1v) is 5.30. The van der Waals surface area contributed by atoms with Crippen molar-refractivity contribution < 1.29 is 14.1 Å². The lowest BCUT2D eigenvalue weighted by atomic mass is 10.3. The van der Waals surface area contributed by atoms with Gasteiger partial charge in [-0.3, -0.25) is 4.79 Å². The highest BCUT2D eigenvalue weighted by molar-refractivity contribution is 6.29. The van der Waals surface area contributed by atoms with Crippen LogP contribution in [0.4, 0.5) is 5.82 Å². The predicted octanol–water partition coefficient (Wildman–Crippen LogP) is 1.52. The highest BCUT2D eigenvalue weighted by Crippen LogP contribution is 2.09. The van der Waals surface area contributed by atoms with Gasteiger partial charge in [0, 0.05) is 13.2 Å². The van der Waals surface area contributed by atoms with Gasteiger partial charge in [0.15, 0.2) is 17.3 Å². The van der Waals surface area contributed by atoms with E-state index in [1.807, 2.05) is 0 Å². The molecule has 0 saturated carbocycles. The minimum Gasteiger partial charge on any atom is -0.377 e. The second-order valence-electron chi connectivity index (χ2n) is 3.29. The summed E-state index contributed by atoms with van der Waals surface area (Å²) in [5.41, 5.74) is 0.138. The number of carbonyl (C=O) groups is 1. The van der Waals surface area contributed by atoms with Gasteiger partial charge in [-0.15, -0.1) is 0 Å². The minimum atomic E-state index is -0.447. The molecule has 0 bridgehead atoms. The Morgan fingerprint density at radius 2 is 2.33 bits per heavy atom. The molecule has 0 unspecified atom stereocenters. The molecule has 0 aliphatic heterocycles. The third-order valence-electron chi connectivity index (χ3n) is 1.94. The molecule has 8 heteroatoms. The lowest BCUT2D eigenvalue weighted by Crippen LogP contribution is -2.13. The number of halogens is 1. The van der Waals surface area contributed by atoms with E-state index in [0.29, 0.717) is 5.76 Å². The maximum atomic E-state index is 11.7. The lowest BCUT2D eigenvalue weighted by Gasteiger charge is -2.00. The summed E-state index contributed by atoms with van der Waals surface area (Å²) in [5, 5.41) is 6.36. The number of methoxy groups -OCH3 is 1. The van der Waals surface area contributed by atoms with Crippen LogP contribution in [0.25, 0.3) is 0 Å². The Morgan fingerprint density at radius 3 is 3.00 bits per heavy atom. The fraction of sp³-hybridized carbons (Fsp3) is 0.200. The van der Waals surface area contributed by atoms with Gasteiger partial charge in [-0.2, -0.15) is 0 Å². The topological polar surface area (TPSA) is 90.1 Å². The SMILES string of the molecule is COCc1cc(C(=O)Nc2cnc(Cl)cn2)no1. The van der Waals surface area contributed by atoms with Crippen LogP contribution < -0.4 is 5.32 Å². The first-order valence-electron chi connectivity index (χ1n) is 4.92. The van der Waals surface area contributed by atoms with Crippen LogP contribution >= 0.6 is 11.6 Å². The second-order valence-corrected chi connectivity index (χ2v) is 3.68. The zero-order valence-corrected chi connectivity index (χ0v) is 10.1. The molecular weight excluding hydrogens is 260 g/mol. The molecule has 0 atom stereocenters. The number of aromatic nitrogens is 3. The fourth-order valence-electron chi connectivity index (χ4n) is 1.19. The Morgan fingerprint density at radius 1 is 1.50 bits per heavy atom. The van der Waals surface area contributed by atoms with Crippen LogP contribution in [0.1, 0.15) is 16.2 Å². The molecule has 18 heavy (non-hydrogen) atoms. The maximum Gasteiger partial charge on any atom is 0.279 e. The number of ether oxygens (including phenoxy) is 1. The van der Waals surface area contributed by atoms with Crippen molar-refractivity contribution in [3.05, 3.63) is 35.1 Å². The normalized spacial score (nSPS) is 10.3. The van der Waals surface area contributed by atoms with Gasteiger partial charge < -0.3 is 14.6 Å². The fourth-order valence-corrected chi connectivity index (χ4v) is 1.29. The van der Waals surface area contributed by atoms with Crippen LogP contribution in [0.15, 0.2) is 23.0 Å². The number of hydrogen-bond acceptors (Lipinski definition) is 6. The van der Waals surface area contributed by atoms with E-state index in [2.05, 4.69) is 20.4 Å². The molecule has 0 radical (unpaired) electrons. The van der Waals surface area contributed by atoms with Gasteiger partial charge in [-0.25, -0.2) is 9.97 Å². The molecule has 1 N–H and O–H groups in total. The van der Waals surface area contributed by atoms with E-state index in [-0.39, 0.29) is 23.3 Å². The van der Waals surface area contributed by atoms with Gasteiger partial charge >= 0.3 is 0 Å². The summed E-state index contributed by atoms with van der Waals surface area (Å²) in [6, 6.07) is 1.49. The van der Waals surface area contributed by atoms with Gasteiger partial charge in [0.05, 0.1) is 12.4 Å². The summed E-state index contributed by atoms with van der Waals surface area (Å²) in [6.45, 7) is 0.251. The van der Waals surface area contributed by atoms with Crippen molar-refractivity contribution >= 4 is 23.3 Å². The molecule has 0 fully saturated rings. The molecule has 7 nitrogen and oxygen atoms in total. The van der Waals surface area contributed by atoms with E-state index >= 15 is 0 Å². The molecule has 2 rings (SSSR count). The first-order chi connectivity index (χ1) is 8.69. The van der Waals surface area contributed by atoms with E-state index in [0.717, 1.165) is 0 Å². The summed E-state index contributed by atoms with van der Waals surface area (Å²) in [5.74, 6) is 0.295. The Balaban J connectivity index is 2.04. The molecular formula is C10H9ClN4O3. The molecule has 2 heterocycles. The highest BCUT2D eigenvalue weighted by Gasteiger charge is 2.13. The zero-order valence-electron chi connectivity index (χ0n) is 9.38. The smallest absolute Gasteiger partial charge is 0.279 e. The van der Waals surface area contributed by atoms with Crippen LogP contribution in [0.3, 0.4) is 0 Å².